The molecule has 0 spiro atoms. The number of para-hydroxylation sites is 1. The number of hydrogen-bond donors (Lipinski definition) is 1. The van der Waals surface area contributed by atoms with Crippen LogP contribution in [0.1, 0.15) is 24.4 Å². The van der Waals surface area contributed by atoms with Crippen LogP contribution < -0.4 is 10.1 Å². The van der Waals surface area contributed by atoms with Gasteiger partial charge in [0.1, 0.15) is 5.75 Å². The van der Waals surface area contributed by atoms with E-state index in [-0.39, 0.29) is 18.6 Å². The first-order valence-electron chi connectivity index (χ1n) is 8.64. The zero-order valence-corrected chi connectivity index (χ0v) is 14.2. The Morgan fingerprint density at radius 3 is 2.65 bits per heavy atom. The van der Waals surface area contributed by atoms with Gasteiger partial charge in [0.15, 0.2) is 6.61 Å². The van der Waals surface area contributed by atoms with Crippen LogP contribution in [-0.4, -0.2) is 22.7 Å². The van der Waals surface area contributed by atoms with Crippen molar-refractivity contribution in [1.82, 2.24) is 15.5 Å². The number of hydrogen-bond acceptors (Lipinski definition) is 5. The van der Waals surface area contributed by atoms with Gasteiger partial charge < -0.3 is 14.5 Å². The SMILES string of the molecule is O=C(COc1ccccc1-c1nnco1)NC(c1ccccc1)C1CC1. The van der Waals surface area contributed by atoms with E-state index in [0.29, 0.717) is 23.1 Å². The molecule has 1 amide bonds. The van der Waals surface area contributed by atoms with Gasteiger partial charge in [-0.2, -0.15) is 0 Å². The number of ether oxygens (including phenoxy) is 1. The first kappa shape index (κ1) is 16.3. The van der Waals surface area contributed by atoms with Gasteiger partial charge in [-0.1, -0.05) is 42.5 Å². The van der Waals surface area contributed by atoms with Crippen molar-refractivity contribution in [2.45, 2.75) is 18.9 Å². The summed E-state index contributed by atoms with van der Waals surface area (Å²) in [6, 6.07) is 17.4. The van der Waals surface area contributed by atoms with Crippen LogP contribution in [-0.2, 0) is 4.79 Å². The van der Waals surface area contributed by atoms with Crippen LogP contribution >= 0.6 is 0 Å². The monoisotopic (exact) mass is 349 g/mol. The highest BCUT2D eigenvalue weighted by Crippen LogP contribution is 2.40. The summed E-state index contributed by atoms with van der Waals surface area (Å²) < 4.78 is 10.9. The Kier molecular flexibility index (Phi) is 4.64. The van der Waals surface area contributed by atoms with Crippen molar-refractivity contribution < 1.29 is 13.9 Å². The maximum Gasteiger partial charge on any atom is 0.258 e. The molecule has 1 N–H and O–H groups in total. The molecule has 0 bridgehead atoms. The summed E-state index contributed by atoms with van der Waals surface area (Å²) in [7, 11) is 0. The van der Waals surface area contributed by atoms with Crippen LogP contribution in [0.3, 0.4) is 0 Å². The van der Waals surface area contributed by atoms with Crippen molar-refractivity contribution in [3.8, 4) is 17.2 Å². The molecule has 26 heavy (non-hydrogen) atoms. The maximum atomic E-state index is 12.4. The fourth-order valence-electron chi connectivity index (χ4n) is 2.98. The number of carbonyl (C=O) groups is 1. The minimum atomic E-state index is -0.147. The molecular formula is C20H19N3O3. The standard InChI is InChI=1S/C20H19N3O3/c24-18(22-19(15-10-11-15)14-6-2-1-3-7-14)12-25-17-9-5-4-8-16(17)20-23-21-13-26-20/h1-9,13,15,19H,10-12H2,(H,22,24). The third-order valence-electron chi connectivity index (χ3n) is 4.40. The Hall–Kier alpha value is -3.15. The van der Waals surface area contributed by atoms with Gasteiger partial charge in [-0.15, -0.1) is 10.2 Å². The minimum absolute atomic E-state index is 0.0403. The Bertz CT molecular complexity index is 861. The Labute approximate surface area is 151 Å². The van der Waals surface area contributed by atoms with E-state index < -0.39 is 0 Å². The predicted molar refractivity (Wildman–Crippen MR) is 95.3 cm³/mol. The highest BCUT2D eigenvalue weighted by molar-refractivity contribution is 5.78. The van der Waals surface area contributed by atoms with Gasteiger partial charge in [-0.3, -0.25) is 4.79 Å². The lowest BCUT2D eigenvalue weighted by molar-refractivity contribution is -0.124. The molecular weight excluding hydrogens is 330 g/mol. The second kappa shape index (κ2) is 7.39. The molecule has 1 atom stereocenters. The number of benzene rings is 2. The fourth-order valence-corrected chi connectivity index (χ4v) is 2.98. The van der Waals surface area contributed by atoms with Gasteiger partial charge >= 0.3 is 0 Å². The average molecular weight is 349 g/mol. The van der Waals surface area contributed by atoms with E-state index in [9.17, 15) is 4.79 Å². The van der Waals surface area contributed by atoms with Crippen LogP contribution in [0.15, 0.2) is 65.4 Å². The molecule has 1 saturated carbocycles. The van der Waals surface area contributed by atoms with E-state index in [1.165, 1.54) is 6.39 Å². The third kappa shape index (κ3) is 3.74. The summed E-state index contributed by atoms with van der Waals surface area (Å²) in [4.78, 5) is 12.4. The number of nitrogens with one attached hydrogen (secondary N) is 1. The summed E-state index contributed by atoms with van der Waals surface area (Å²) >= 11 is 0. The summed E-state index contributed by atoms with van der Waals surface area (Å²) in [6.07, 6.45) is 3.54. The summed E-state index contributed by atoms with van der Waals surface area (Å²) in [6.45, 7) is -0.0682. The van der Waals surface area contributed by atoms with E-state index in [1.54, 1.807) is 6.07 Å². The van der Waals surface area contributed by atoms with E-state index in [0.717, 1.165) is 18.4 Å². The summed E-state index contributed by atoms with van der Waals surface area (Å²) in [5, 5.41) is 10.7. The quantitative estimate of drug-likeness (QED) is 0.707. The van der Waals surface area contributed by atoms with Crippen LogP contribution in [0.5, 0.6) is 5.75 Å². The maximum absolute atomic E-state index is 12.4. The zero-order chi connectivity index (χ0) is 17.8. The molecule has 1 fully saturated rings. The molecule has 0 radical (unpaired) electrons. The molecule has 1 heterocycles. The molecule has 132 valence electrons. The number of aromatic nitrogens is 2. The van der Waals surface area contributed by atoms with Crippen molar-refractivity contribution in [1.29, 1.82) is 0 Å². The largest absolute Gasteiger partial charge is 0.483 e. The van der Waals surface area contributed by atoms with Gasteiger partial charge in [0.2, 0.25) is 6.39 Å². The van der Waals surface area contributed by atoms with Gasteiger partial charge in [-0.25, -0.2) is 0 Å². The summed E-state index contributed by atoms with van der Waals surface area (Å²) in [5.74, 6) is 1.26. The Morgan fingerprint density at radius 1 is 1.15 bits per heavy atom. The van der Waals surface area contributed by atoms with Crippen molar-refractivity contribution in [3.63, 3.8) is 0 Å². The number of nitrogens with zero attached hydrogens (tertiary/aromatic N) is 2. The van der Waals surface area contributed by atoms with E-state index in [1.807, 2.05) is 36.4 Å². The number of carbonyl (C=O) groups excluding carboxylic acids is 1. The number of amides is 1. The smallest absolute Gasteiger partial charge is 0.258 e. The zero-order valence-electron chi connectivity index (χ0n) is 14.2. The first-order valence-corrected chi connectivity index (χ1v) is 8.64. The van der Waals surface area contributed by atoms with Crippen molar-refractivity contribution in [2.75, 3.05) is 6.61 Å². The lowest BCUT2D eigenvalue weighted by atomic mass is 10.0. The first-order chi connectivity index (χ1) is 12.8. The molecule has 1 aliphatic rings. The van der Waals surface area contributed by atoms with Gasteiger partial charge in [0.05, 0.1) is 11.6 Å². The second-order valence-electron chi connectivity index (χ2n) is 6.32. The lowest BCUT2D eigenvalue weighted by Crippen LogP contribution is -2.33. The number of rotatable bonds is 7. The molecule has 0 aliphatic heterocycles. The fraction of sp³-hybridized carbons (Fsp3) is 0.250. The molecule has 1 aliphatic carbocycles. The molecule has 6 nitrogen and oxygen atoms in total. The molecule has 0 saturated heterocycles. The van der Waals surface area contributed by atoms with Gasteiger partial charge in [-0.05, 0) is 36.5 Å². The van der Waals surface area contributed by atoms with E-state index in [2.05, 4.69) is 27.6 Å². The van der Waals surface area contributed by atoms with Crippen LogP contribution in [0.2, 0.25) is 0 Å². The van der Waals surface area contributed by atoms with Crippen molar-refractivity contribution >= 4 is 5.91 Å². The molecule has 6 heteroatoms. The average Bonchev–Trinajstić information content (AvgIpc) is 3.38. The third-order valence-corrected chi connectivity index (χ3v) is 4.40. The highest BCUT2D eigenvalue weighted by Gasteiger charge is 2.33. The van der Waals surface area contributed by atoms with Crippen molar-refractivity contribution in [3.05, 3.63) is 66.6 Å². The second-order valence-corrected chi connectivity index (χ2v) is 6.32. The van der Waals surface area contributed by atoms with Gasteiger partial charge in [0, 0.05) is 0 Å². The Balaban J connectivity index is 1.42. The van der Waals surface area contributed by atoms with Crippen LogP contribution in [0.4, 0.5) is 0 Å². The Morgan fingerprint density at radius 2 is 1.92 bits per heavy atom. The molecule has 1 aromatic heterocycles. The molecule has 1 unspecified atom stereocenters. The van der Waals surface area contributed by atoms with E-state index in [4.69, 9.17) is 9.15 Å². The molecule has 4 rings (SSSR count). The summed E-state index contributed by atoms with van der Waals surface area (Å²) in [5.41, 5.74) is 1.80. The predicted octanol–water partition coefficient (Wildman–Crippen LogP) is 3.38. The normalized spacial score (nSPS) is 14.6. The van der Waals surface area contributed by atoms with Crippen LogP contribution in [0, 0.1) is 5.92 Å². The molecule has 3 aromatic rings. The molecule has 2 aromatic carbocycles. The topological polar surface area (TPSA) is 77.2 Å². The van der Waals surface area contributed by atoms with Crippen molar-refractivity contribution in [2.24, 2.45) is 5.92 Å². The minimum Gasteiger partial charge on any atom is -0.483 e. The van der Waals surface area contributed by atoms with Crippen LogP contribution in [0.25, 0.3) is 11.5 Å². The van der Waals surface area contributed by atoms with E-state index >= 15 is 0 Å². The highest BCUT2D eigenvalue weighted by atomic mass is 16.5. The van der Waals surface area contributed by atoms with Gasteiger partial charge in [0.25, 0.3) is 11.8 Å². The lowest BCUT2D eigenvalue weighted by Gasteiger charge is -2.19.